The summed E-state index contributed by atoms with van der Waals surface area (Å²) in [6.45, 7) is 4.61. The van der Waals surface area contributed by atoms with Crippen LogP contribution in [0.1, 0.15) is 39.5 Å². The molecule has 0 radical (unpaired) electrons. The van der Waals surface area contributed by atoms with Crippen molar-refractivity contribution in [1.82, 2.24) is 0 Å². The summed E-state index contributed by atoms with van der Waals surface area (Å²) in [4.78, 5) is 11.4. The van der Waals surface area contributed by atoms with E-state index < -0.39 is 12.1 Å². The average molecular weight is 368 g/mol. The number of benzene rings is 1. The van der Waals surface area contributed by atoms with Gasteiger partial charge in [0.05, 0.1) is 11.0 Å². The summed E-state index contributed by atoms with van der Waals surface area (Å²) in [5.41, 5.74) is 1.70. The maximum absolute atomic E-state index is 11.4. The lowest BCUT2D eigenvalue weighted by atomic mass is 9.48. The van der Waals surface area contributed by atoms with Gasteiger partial charge in [-0.3, -0.25) is 0 Å². The molecule has 130 valence electrons. The second-order valence-corrected chi connectivity index (χ2v) is 8.20. The number of hydrogen-bond donors (Lipinski definition) is 0. The van der Waals surface area contributed by atoms with E-state index in [1.165, 1.54) is 18.1 Å². The molecule has 0 aliphatic heterocycles. The lowest BCUT2D eigenvalue weighted by Crippen LogP contribution is -2.48. The molecular formula is C19H21Cl2O3-. The second-order valence-electron chi connectivity index (χ2n) is 7.36. The number of carbonyl (C=O) groups excluding carboxylic acids is 1. The number of halogens is 2. The third kappa shape index (κ3) is 3.29. The first-order valence-corrected chi connectivity index (χ1v) is 9.06. The van der Waals surface area contributed by atoms with Gasteiger partial charge in [-0.25, -0.2) is 0 Å². The van der Waals surface area contributed by atoms with Gasteiger partial charge >= 0.3 is 0 Å². The number of carboxylic acids is 1. The topological polar surface area (TPSA) is 49.4 Å². The van der Waals surface area contributed by atoms with E-state index in [9.17, 15) is 9.90 Å². The van der Waals surface area contributed by atoms with Crippen molar-refractivity contribution < 1.29 is 14.6 Å². The zero-order chi connectivity index (χ0) is 17.5. The first kappa shape index (κ1) is 17.6. The molecule has 0 spiro atoms. The molecule has 0 N–H and O–H groups in total. The van der Waals surface area contributed by atoms with Crippen molar-refractivity contribution in [3.63, 3.8) is 0 Å². The second kappa shape index (κ2) is 6.61. The van der Waals surface area contributed by atoms with E-state index in [0.29, 0.717) is 40.0 Å². The van der Waals surface area contributed by atoms with E-state index in [1.54, 1.807) is 12.1 Å². The van der Waals surface area contributed by atoms with Crippen LogP contribution in [0, 0.1) is 17.3 Å². The molecule has 1 saturated carbocycles. The van der Waals surface area contributed by atoms with Crippen molar-refractivity contribution in [3.8, 4) is 5.75 Å². The van der Waals surface area contributed by atoms with E-state index in [1.807, 2.05) is 0 Å². The molecule has 24 heavy (non-hydrogen) atoms. The van der Waals surface area contributed by atoms with Gasteiger partial charge in [0.15, 0.2) is 0 Å². The molecule has 0 heterocycles. The largest absolute Gasteiger partial charge is 0.546 e. The number of allylic oxidation sites excluding steroid dienone is 2. The minimum Gasteiger partial charge on any atom is -0.546 e. The van der Waals surface area contributed by atoms with Crippen LogP contribution in [-0.4, -0.2) is 12.1 Å². The fraction of sp³-hybridized carbons (Fsp3) is 0.526. The first-order chi connectivity index (χ1) is 11.3. The minimum atomic E-state index is -1.22. The number of fused-ring (bicyclic) bond motifs is 1. The van der Waals surface area contributed by atoms with Crippen molar-refractivity contribution in [3.05, 3.63) is 39.9 Å². The molecule has 2 bridgehead atoms. The highest BCUT2D eigenvalue weighted by Gasteiger charge is 2.50. The normalized spacial score (nSPS) is 25.4. The van der Waals surface area contributed by atoms with Gasteiger partial charge in [0.2, 0.25) is 0 Å². The molecule has 0 saturated heterocycles. The van der Waals surface area contributed by atoms with Crippen LogP contribution < -0.4 is 9.84 Å². The van der Waals surface area contributed by atoms with Crippen LogP contribution in [0.5, 0.6) is 5.75 Å². The lowest BCUT2D eigenvalue weighted by molar-refractivity contribution is -0.313. The maximum Gasteiger partial charge on any atom is 0.139 e. The van der Waals surface area contributed by atoms with Crippen LogP contribution in [0.25, 0.3) is 0 Å². The van der Waals surface area contributed by atoms with Gasteiger partial charge in [-0.05, 0) is 61.1 Å². The van der Waals surface area contributed by atoms with Crippen LogP contribution in [-0.2, 0) is 4.79 Å². The van der Waals surface area contributed by atoms with E-state index in [0.717, 1.165) is 12.3 Å². The van der Waals surface area contributed by atoms with Crippen molar-refractivity contribution in [2.45, 2.75) is 45.6 Å². The Morgan fingerprint density at radius 3 is 2.75 bits per heavy atom. The van der Waals surface area contributed by atoms with E-state index >= 15 is 0 Å². The number of hydrogen-bond acceptors (Lipinski definition) is 3. The third-order valence-electron chi connectivity index (χ3n) is 5.70. The molecule has 3 nitrogen and oxygen atoms in total. The van der Waals surface area contributed by atoms with Crippen molar-refractivity contribution >= 4 is 29.2 Å². The Hall–Kier alpha value is -1.19. The molecular weight excluding hydrogens is 347 g/mol. The number of aliphatic carboxylic acids is 1. The Morgan fingerprint density at radius 1 is 1.42 bits per heavy atom. The van der Waals surface area contributed by atoms with E-state index in [4.69, 9.17) is 27.9 Å². The van der Waals surface area contributed by atoms with Gasteiger partial charge < -0.3 is 14.6 Å². The van der Waals surface area contributed by atoms with Crippen LogP contribution in [0.3, 0.4) is 0 Å². The number of ether oxygens (including phenoxy) is 1. The molecule has 1 fully saturated rings. The number of carboxylic acid groups (broad SMARTS) is 1. The summed E-state index contributed by atoms with van der Waals surface area (Å²) in [6.07, 6.45) is 4.67. The summed E-state index contributed by atoms with van der Waals surface area (Å²) in [5, 5.41) is 12.2. The van der Waals surface area contributed by atoms with Gasteiger partial charge in [-0.2, -0.15) is 0 Å². The van der Waals surface area contributed by atoms with Crippen molar-refractivity contribution in [2.75, 3.05) is 0 Å². The Bertz CT molecular complexity index is 681. The maximum atomic E-state index is 11.4. The summed E-state index contributed by atoms with van der Waals surface area (Å²) >= 11 is 11.9. The number of carbonyl (C=O) groups is 1. The summed E-state index contributed by atoms with van der Waals surface area (Å²) < 4.78 is 5.57. The van der Waals surface area contributed by atoms with Gasteiger partial charge in [-0.1, -0.05) is 48.7 Å². The number of rotatable bonds is 6. The summed E-state index contributed by atoms with van der Waals surface area (Å²) in [5.74, 6) is 0.435. The molecule has 0 aromatic heterocycles. The highest BCUT2D eigenvalue weighted by Crippen LogP contribution is 2.59. The molecule has 3 unspecified atom stereocenters. The van der Waals surface area contributed by atoms with Gasteiger partial charge in [0.25, 0.3) is 0 Å². The minimum absolute atomic E-state index is 0.300. The Morgan fingerprint density at radius 2 is 2.17 bits per heavy atom. The summed E-state index contributed by atoms with van der Waals surface area (Å²) in [6, 6.07) is 4.74. The van der Waals surface area contributed by atoms with Crippen LogP contribution in [0.15, 0.2) is 29.8 Å². The van der Waals surface area contributed by atoms with E-state index in [2.05, 4.69) is 19.9 Å². The molecule has 1 aromatic rings. The molecule has 3 aliphatic carbocycles. The fourth-order valence-corrected chi connectivity index (χ4v) is 4.46. The average Bonchev–Trinajstić information content (AvgIpc) is 2.52. The van der Waals surface area contributed by atoms with Crippen LogP contribution in [0.2, 0.25) is 10.0 Å². The standard InChI is InChI=1S/C19H22Cl2O3/c1-19(2)12-5-3-11(14(19)9-12)4-7-17(18(22)23)24-16-8-6-13(20)10-15(16)21/h3,6,8,10,12,14,17H,4-5,7,9H2,1-2H3,(H,22,23)/p-1. The highest BCUT2D eigenvalue weighted by atomic mass is 35.5. The van der Waals surface area contributed by atoms with Crippen LogP contribution in [0.4, 0.5) is 0 Å². The van der Waals surface area contributed by atoms with Gasteiger partial charge in [0.1, 0.15) is 11.9 Å². The van der Waals surface area contributed by atoms with Gasteiger partial charge in [0, 0.05) is 5.02 Å². The quantitative estimate of drug-likeness (QED) is 0.705. The smallest absolute Gasteiger partial charge is 0.139 e. The predicted octanol–water partition coefficient (Wildman–Crippen LogP) is 4.26. The van der Waals surface area contributed by atoms with Crippen molar-refractivity contribution in [1.29, 1.82) is 0 Å². The highest BCUT2D eigenvalue weighted by molar-refractivity contribution is 6.35. The lowest BCUT2D eigenvalue weighted by Gasteiger charge is -2.56. The predicted molar refractivity (Wildman–Crippen MR) is 93.2 cm³/mol. The SMILES string of the molecule is CC1(C)C2CC=C(CCC(Oc3ccc(Cl)cc3Cl)C(=O)[O-])C1C2. The Balaban J connectivity index is 1.65. The zero-order valence-corrected chi connectivity index (χ0v) is 15.4. The summed E-state index contributed by atoms with van der Waals surface area (Å²) in [7, 11) is 0. The third-order valence-corrected chi connectivity index (χ3v) is 6.23. The van der Waals surface area contributed by atoms with Crippen LogP contribution >= 0.6 is 23.2 Å². The molecule has 0 amide bonds. The molecule has 1 aromatic carbocycles. The molecule has 5 heteroatoms. The van der Waals surface area contributed by atoms with E-state index in [-0.39, 0.29) is 0 Å². The van der Waals surface area contributed by atoms with Gasteiger partial charge in [-0.15, -0.1) is 0 Å². The molecule has 3 atom stereocenters. The monoisotopic (exact) mass is 367 g/mol. The van der Waals surface area contributed by atoms with Crippen molar-refractivity contribution in [2.24, 2.45) is 17.3 Å². The Labute approximate surface area is 152 Å². The molecule has 3 aliphatic rings. The zero-order valence-electron chi connectivity index (χ0n) is 13.9. The first-order valence-electron chi connectivity index (χ1n) is 8.30. The fourth-order valence-electron chi connectivity index (χ4n) is 4.00. The molecule has 4 rings (SSSR count). The Kier molecular flexibility index (Phi) is 4.85.